The van der Waals surface area contributed by atoms with Crippen LogP contribution in [0, 0.1) is 0 Å². The highest BCUT2D eigenvalue weighted by Crippen LogP contribution is 2.21. The highest BCUT2D eigenvalue weighted by molar-refractivity contribution is 5.41. The molecule has 0 spiro atoms. The van der Waals surface area contributed by atoms with Gasteiger partial charge in [0, 0.05) is 0 Å². The summed E-state index contributed by atoms with van der Waals surface area (Å²) in [6, 6.07) is 15.9. The first-order chi connectivity index (χ1) is 15.6. The molecule has 0 aliphatic rings. The molecule has 2 aromatic rings. The second-order valence-electron chi connectivity index (χ2n) is 7.69. The van der Waals surface area contributed by atoms with Crippen molar-refractivity contribution in [2.24, 2.45) is 0 Å². The summed E-state index contributed by atoms with van der Waals surface area (Å²) in [5.41, 5.74) is 5.96. The van der Waals surface area contributed by atoms with E-state index in [1.807, 2.05) is 54.6 Å². The average Bonchev–Trinajstić information content (AvgIpc) is 2.82. The van der Waals surface area contributed by atoms with Crippen molar-refractivity contribution < 1.29 is 18.9 Å². The summed E-state index contributed by atoms with van der Waals surface area (Å²) in [5, 5.41) is 0. The summed E-state index contributed by atoms with van der Waals surface area (Å²) in [7, 11) is 3.34. The Hall–Kier alpha value is -2.82. The summed E-state index contributed by atoms with van der Waals surface area (Å²) < 4.78 is 22.2. The van der Waals surface area contributed by atoms with Crippen molar-refractivity contribution in [3.63, 3.8) is 0 Å². The molecule has 4 heteroatoms. The van der Waals surface area contributed by atoms with Gasteiger partial charge in [-0.15, -0.1) is 0 Å². The number of rotatable bonds is 14. The maximum atomic E-state index is 5.92. The number of allylic oxidation sites excluding steroid dienone is 3. The minimum atomic E-state index is 0.584. The SMILES string of the molecule is C=CC(=C(C)C)/C(=C\CCOCc1ccc(OC)cc1)CCOCc1ccc(OC)cc1. The fourth-order valence-corrected chi connectivity index (χ4v) is 3.33. The fourth-order valence-electron chi connectivity index (χ4n) is 3.33. The maximum Gasteiger partial charge on any atom is 0.118 e. The van der Waals surface area contributed by atoms with Crippen LogP contribution in [0.2, 0.25) is 0 Å². The Bertz CT molecular complexity index is 873. The van der Waals surface area contributed by atoms with Gasteiger partial charge in [-0.05, 0) is 73.2 Å². The van der Waals surface area contributed by atoms with Crippen molar-refractivity contribution in [3.8, 4) is 11.5 Å². The predicted octanol–water partition coefficient (Wildman–Crippen LogP) is 6.67. The topological polar surface area (TPSA) is 36.9 Å². The molecule has 0 aromatic heterocycles. The summed E-state index contributed by atoms with van der Waals surface area (Å²) in [6.07, 6.45) is 5.85. The molecule has 0 aliphatic heterocycles. The molecule has 172 valence electrons. The van der Waals surface area contributed by atoms with Crippen LogP contribution in [0.15, 0.2) is 84.0 Å². The van der Waals surface area contributed by atoms with Crippen LogP contribution >= 0.6 is 0 Å². The lowest BCUT2D eigenvalue weighted by Gasteiger charge is -2.13. The van der Waals surface area contributed by atoms with E-state index in [1.165, 1.54) is 16.7 Å². The van der Waals surface area contributed by atoms with Gasteiger partial charge in [0.2, 0.25) is 0 Å². The Balaban J connectivity index is 1.83. The number of benzene rings is 2. The molecular formula is C28H36O4. The van der Waals surface area contributed by atoms with Gasteiger partial charge in [0.15, 0.2) is 0 Å². The molecule has 0 saturated carbocycles. The van der Waals surface area contributed by atoms with E-state index in [0.29, 0.717) is 26.4 Å². The zero-order valence-corrected chi connectivity index (χ0v) is 19.9. The minimum Gasteiger partial charge on any atom is -0.497 e. The summed E-state index contributed by atoms with van der Waals surface area (Å²) in [5.74, 6) is 1.71. The van der Waals surface area contributed by atoms with Crippen molar-refractivity contribution in [3.05, 3.63) is 95.1 Å². The maximum absolute atomic E-state index is 5.92. The summed E-state index contributed by atoms with van der Waals surface area (Å²) >= 11 is 0. The molecule has 0 N–H and O–H groups in total. The van der Waals surface area contributed by atoms with E-state index in [1.54, 1.807) is 14.2 Å². The molecular weight excluding hydrogens is 400 g/mol. The highest BCUT2D eigenvalue weighted by Gasteiger charge is 2.05. The van der Waals surface area contributed by atoms with Gasteiger partial charge in [0.05, 0.1) is 40.6 Å². The molecule has 32 heavy (non-hydrogen) atoms. The molecule has 2 aromatic carbocycles. The number of ether oxygens (including phenoxy) is 4. The van der Waals surface area contributed by atoms with E-state index in [4.69, 9.17) is 18.9 Å². The van der Waals surface area contributed by atoms with Gasteiger partial charge in [0.1, 0.15) is 11.5 Å². The van der Waals surface area contributed by atoms with Gasteiger partial charge in [-0.2, -0.15) is 0 Å². The molecule has 0 saturated heterocycles. The predicted molar refractivity (Wildman–Crippen MR) is 131 cm³/mol. The number of hydrogen-bond acceptors (Lipinski definition) is 4. The number of methoxy groups -OCH3 is 2. The van der Waals surface area contributed by atoms with Gasteiger partial charge < -0.3 is 18.9 Å². The Morgan fingerprint density at radius 1 is 0.781 bits per heavy atom. The van der Waals surface area contributed by atoms with Crippen LogP contribution in [-0.4, -0.2) is 27.4 Å². The van der Waals surface area contributed by atoms with Crippen molar-refractivity contribution in [2.45, 2.75) is 39.9 Å². The third-order valence-electron chi connectivity index (χ3n) is 5.11. The van der Waals surface area contributed by atoms with Gasteiger partial charge in [0.25, 0.3) is 0 Å². The van der Waals surface area contributed by atoms with Crippen LogP contribution < -0.4 is 9.47 Å². The van der Waals surface area contributed by atoms with E-state index in [9.17, 15) is 0 Å². The molecule has 0 atom stereocenters. The Kier molecular flexibility index (Phi) is 11.4. The van der Waals surface area contributed by atoms with E-state index in [-0.39, 0.29) is 0 Å². The normalized spacial score (nSPS) is 11.2. The Labute approximate surface area is 193 Å². The molecule has 0 bridgehead atoms. The van der Waals surface area contributed by atoms with Crippen molar-refractivity contribution in [2.75, 3.05) is 27.4 Å². The molecule has 0 aliphatic carbocycles. The third-order valence-corrected chi connectivity index (χ3v) is 5.11. The van der Waals surface area contributed by atoms with Crippen LogP contribution in [-0.2, 0) is 22.7 Å². The third kappa shape index (κ3) is 8.74. The van der Waals surface area contributed by atoms with Gasteiger partial charge in [-0.1, -0.05) is 48.6 Å². The van der Waals surface area contributed by atoms with Crippen LogP contribution in [0.25, 0.3) is 0 Å². The lowest BCUT2D eigenvalue weighted by molar-refractivity contribution is 0.122. The van der Waals surface area contributed by atoms with Gasteiger partial charge >= 0.3 is 0 Å². The smallest absolute Gasteiger partial charge is 0.118 e. The monoisotopic (exact) mass is 436 g/mol. The molecule has 0 radical (unpaired) electrons. The van der Waals surface area contributed by atoms with Crippen molar-refractivity contribution in [1.29, 1.82) is 0 Å². The first kappa shape index (κ1) is 25.4. The fraction of sp³-hybridized carbons (Fsp3) is 0.357. The van der Waals surface area contributed by atoms with Gasteiger partial charge in [-0.25, -0.2) is 0 Å². The molecule has 2 rings (SSSR count). The van der Waals surface area contributed by atoms with Crippen LogP contribution in [0.4, 0.5) is 0 Å². The second kappa shape index (κ2) is 14.3. The van der Waals surface area contributed by atoms with E-state index in [2.05, 4.69) is 26.5 Å². The quantitative estimate of drug-likeness (QED) is 0.245. The summed E-state index contributed by atoms with van der Waals surface area (Å²) in [4.78, 5) is 0. The molecule has 0 amide bonds. The Morgan fingerprint density at radius 3 is 1.72 bits per heavy atom. The first-order valence-corrected chi connectivity index (χ1v) is 11.0. The zero-order valence-electron chi connectivity index (χ0n) is 19.9. The number of hydrogen-bond donors (Lipinski definition) is 0. The lowest BCUT2D eigenvalue weighted by atomic mass is 9.98. The second-order valence-corrected chi connectivity index (χ2v) is 7.69. The largest absolute Gasteiger partial charge is 0.497 e. The summed E-state index contributed by atoms with van der Waals surface area (Å²) in [6.45, 7) is 10.7. The molecule has 0 fully saturated rings. The molecule has 4 nitrogen and oxygen atoms in total. The van der Waals surface area contributed by atoms with Crippen LogP contribution in [0.5, 0.6) is 11.5 Å². The highest BCUT2D eigenvalue weighted by atomic mass is 16.5. The van der Waals surface area contributed by atoms with Gasteiger partial charge in [-0.3, -0.25) is 0 Å². The van der Waals surface area contributed by atoms with Crippen molar-refractivity contribution in [1.82, 2.24) is 0 Å². The molecule has 0 heterocycles. The standard InChI is InChI=1S/C28H36O4/c1-6-28(22(2)3)25(17-19-32-21-24-11-15-27(30-5)16-12-24)8-7-18-31-20-23-9-13-26(29-4)14-10-23/h6,8-16H,1,7,17-21H2,2-5H3/b25-8-. The molecule has 0 unspecified atom stereocenters. The lowest BCUT2D eigenvalue weighted by Crippen LogP contribution is -2.01. The van der Waals surface area contributed by atoms with E-state index < -0.39 is 0 Å². The average molecular weight is 437 g/mol. The first-order valence-electron chi connectivity index (χ1n) is 11.0. The van der Waals surface area contributed by atoms with Crippen LogP contribution in [0.1, 0.15) is 37.8 Å². The van der Waals surface area contributed by atoms with E-state index in [0.717, 1.165) is 35.5 Å². The van der Waals surface area contributed by atoms with E-state index >= 15 is 0 Å². The Morgan fingerprint density at radius 2 is 1.28 bits per heavy atom. The van der Waals surface area contributed by atoms with Crippen molar-refractivity contribution >= 4 is 0 Å². The zero-order chi connectivity index (χ0) is 23.2. The minimum absolute atomic E-state index is 0.584. The van der Waals surface area contributed by atoms with Crippen LogP contribution in [0.3, 0.4) is 0 Å².